The van der Waals surface area contributed by atoms with E-state index in [4.69, 9.17) is 0 Å². The topological polar surface area (TPSA) is 0 Å². The van der Waals surface area contributed by atoms with Crippen LogP contribution in [0.15, 0.2) is 24.3 Å². The molecule has 0 bridgehead atoms. The van der Waals surface area contributed by atoms with Gasteiger partial charge in [-0.2, -0.15) is 0 Å². The molecule has 0 aromatic heterocycles. The third kappa shape index (κ3) is 2.51. The van der Waals surface area contributed by atoms with E-state index in [9.17, 15) is 0 Å². The van der Waals surface area contributed by atoms with Crippen molar-refractivity contribution >= 4 is 0 Å². The van der Waals surface area contributed by atoms with Crippen molar-refractivity contribution in [1.82, 2.24) is 0 Å². The molecule has 2 aliphatic carbocycles. The highest BCUT2D eigenvalue weighted by molar-refractivity contribution is 5.08. The lowest BCUT2D eigenvalue weighted by Crippen LogP contribution is -2.09. The Morgan fingerprint density at radius 2 is 1.58 bits per heavy atom. The molecule has 0 nitrogen and oxygen atoms in total. The van der Waals surface area contributed by atoms with Crippen molar-refractivity contribution in [1.29, 1.82) is 0 Å². The highest BCUT2D eigenvalue weighted by Crippen LogP contribution is 2.33. The highest BCUT2D eigenvalue weighted by Gasteiger charge is 2.22. The SMILES string of the molecule is C1=CCC2CC=CC2C1.CCC. The van der Waals surface area contributed by atoms with Gasteiger partial charge in [-0.15, -0.1) is 0 Å². The zero-order valence-corrected chi connectivity index (χ0v) is 8.29. The van der Waals surface area contributed by atoms with Crippen molar-refractivity contribution in [2.75, 3.05) is 0 Å². The summed E-state index contributed by atoms with van der Waals surface area (Å²) in [5.41, 5.74) is 0. The number of allylic oxidation sites excluding steroid dienone is 4. The molecule has 2 atom stereocenters. The van der Waals surface area contributed by atoms with E-state index in [0.29, 0.717) is 0 Å². The van der Waals surface area contributed by atoms with E-state index >= 15 is 0 Å². The molecule has 0 N–H and O–H groups in total. The Hall–Kier alpha value is -0.520. The molecule has 0 radical (unpaired) electrons. The summed E-state index contributed by atoms with van der Waals surface area (Å²) < 4.78 is 0. The lowest BCUT2D eigenvalue weighted by Gasteiger charge is -2.19. The largest absolute Gasteiger partial charge is 0.0882 e. The molecular weight excluding hydrogens is 144 g/mol. The molecule has 0 fully saturated rings. The zero-order chi connectivity index (χ0) is 8.81. The van der Waals surface area contributed by atoms with E-state index in [1.54, 1.807) is 0 Å². The predicted octanol–water partition coefficient (Wildman–Crippen LogP) is 3.95. The maximum Gasteiger partial charge on any atom is -0.0165 e. The van der Waals surface area contributed by atoms with Gasteiger partial charge in [0.2, 0.25) is 0 Å². The molecule has 0 aromatic rings. The van der Waals surface area contributed by atoms with Crippen molar-refractivity contribution in [2.24, 2.45) is 11.8 Å². The van der Waals surface area contributed by atoms with E-state index in [-0.39, 0.29) is 0 Å². The summed E-state index contributed by atoms with van der Waals surface area (Å²) in [5, 5.41) is 0. The summed E-state index contributed by atoms with van der Waals surface area (Å²) in [6.07, 6.45) is 14.6. The minimum atomic E-state index is 0.898. The Bertz CT molecular complexity index is 165. The first-order valence-electron chi connectivity index (χ1n) is 5.20. The Morgan fingerprint density at radius 1 is 1.00 bits per heavy atom. The number of hydrogen-bond donors (Lipinski definition) is 0. The molecule has 2 unspecified atom stereocenters. The van der Waals surface area contributed by atoms with Crippen LogP contribution in [0.3, 0.4) is 0 Å². The van der Waals surface area contributed by atoms with Gasteiger partial charge in [-0.05, 0) is 31.1 Å². The molecular formula is C12H20. The number of fused-ring (bicyclic) bond motifs is 1. The molecule has 0 aromatic carbocycles. The predicted molar refractivity (Wildman–Crippen MR) is 55.1 cm³/mol. The van der Waals surface area contributed by atoms with Crippen LogP contribution >= 0.6 is 0 Å². The minimum absolute atomic E-state index is 0.898. The standard InChI is InChI=1S/C9H12.C3H8/c1-2-5-9-7-3-6-8(9)4-1;1-3-2/h1-3,6,8-9H,4-5,7H2;3H2,1-2H3. The molecule has 68 valence electrons. The van der Waals surface area contributed by atoms with Crippen molar-refractivity contribution < 1.29 is 0 Å². The fourth-order valence-electron chi connectivity index (χ4n) is 1.83. The van der Waals surface area contributed by atoms with Gasteiger partial charge in [0.05, 0.1) is 0 Å². The third-order valence-corrected chi connectivity index (χ3v) is 2.44. The summed E-state index contributed by atoms with van der Waals surface area (Å²) in [5.74, 6) is 1.87. The van der Waals surface area contributed by atoms with Gasteiger partial charge >= 0.3 is 0 Å². The molecule has 0 aliphatic heterocycles. The average molecular weight is 164 g/mol. The lowest BCUT2D eigenvalue weighted by molar-refractivity contribution is 0.415. The van der Waals surface area contributed by atoms with Gasteiger partial charge in [0.1, 0.15) is 0 Å². The molecule has 0 saturated carbocycles. The highest BCUT2D eigenvalue weighted by atomic mass is 14.3. The van der Waals surface area contributed by atoms with Crippen LogP contribution in [0.1, 0.15) is 39.5 Å². The quantitative estimate of drug-likeness (QED) is 0.476. The van der Waals surface area contributed by atoms with E-state index < -0.39 is 0 Å². The van der Waals surface area contributed by atoms with Crippen LogP contribution < -0.4 is 0 Å². The second-order valence-electron chi connectivity index (χ2n) is 3.74. The van der Waals surface area contributed by atoms with Crippen LogP contribution in [0.5, 0.6) is 0 Å². The number of hydrogen-bond acceptors (Lipinski definition) is 0. The van der Waals surface area contributed by atoms with Crippen LogP contribution in [0.25, 0.3) is 0 Å². The summed E-state index contributed by atoms with van der Waals surface area (Å²) in [6, 6.07) is 0. The first kappa shape index (κ1) is 9.57. The lowest BCUT2D eigenvalue weighted by atomic mass is 9.86. The van der Waals surface area contributed by atoms with Crippen LogP contribution in [0.2, 0.25) is 0 Å². The summed E-state index contributed by atoms with van der Waals surface area (Å²) in [4.78, 5) is 0. The fourth-order valence-corrected chi connectivity index (χ4v) is 1.83. The Morgan fingerprint density at radius 3 is 2.25 bits per heavy atom. The number of rotatable bonds is 0. The molecule has 2 rings (SSSR count). The maximum absolute atomic E-state index is 2.38. The van der Waals surface area contributed by atoms with Crippen LogP contribution in [0, 0.1) is 11.8 Å². The van der Waals surface area contributed by atoms with Crippen LogP contribution in [-0.4, -0.2) is 0 Å². The second-order valence-corrected chi connectivity index (χ2v) is 3.74. The molecule has 0 heterocycles. The van der Waals surface area contributed by atoms with Gasteiger partial charge in [-0.1, -0.05) is 44.6 Å². The van der Waals surface area contributed by atoms with Crippen molar-refractivity contribution in [3.05, 3.63) is 24.3 Å². The van der Waals surface area contributed by atoms with Crippen molar-refractivity contribution in [3.63, 3.8) is 0 Å². The van der Waals surface area contributed by atoms with Crippen LogP contribution in [0.4, 0.5) is 0 Å². The van der Waals surface area contributed by atoms with Gasteiger partial charge in [0.15, 0.2) is 0 Å². The smallest absolute Gasteiger partial charge is 0.0165 e. The molecule has 0 saturated heterocycles. The monoisotopic (exact) mass is 164 g/mol. The summed E-state index contributed by atoms with van der Waals surface area (Å²) in [7, 11) is 0. The Kier molecular flexibility index (Phi) is 4.13. The molecule has 0 heteroatoms. The fraction of sp³-hybridized carbons (Fsp3) is 0.667. The van der Waals surface area contributed by atoms with Gasteiger partial charge in [0.25, 0.3) is 0 Å². The van der Waals surface area contributed by atoms with Gasteiger partial charge in [-0.25, -0.2) is 0 Å². The normalized spacial score (nSPS) is 30.8. The maximum atomic E-state index is 2.38. The van der Waals surface area contributed by atoms with Crippen molar-refractivity contribution in [3.8, 4) is 0 Å². The average Bonchev–Trinajstić information content (AvgIpc) is 2.52. The van der Waals surface area contributed by atoms with E-state index in [2.05, 4.69) is 38.2 Å². The molecule has 0 spiro atoms. The first-order chi connectivity index (χ1) is 5.88. The molecule has 12 heavy (non-hydrogen) atoms. The van der Waals surface area contributed by atoms with Gasteiger partial charge in [0, 0.05) is 0 Å². The van der Waals surface area contributed by atoms with E-state index in [1.165, 1.54) is 25.7 Å². The van der Waals surface area contributed by atoms with E-state index in [0.717, 1.165) is 11.8 Å². The Balaban J connectivity index is 0.000000213. The molecule has 0 amide bonds. The van der Waals surface area contributed by atoms with Gasteiger partial charge in [-0.3, -0.25) is 0 Å². The minimum Gasteiger partial charge on any atom is -0.0882 e. The third-order valence-electron chi connectivity index (χ3n) is 2.44. The van der Waals surface area contributed by atoms with Gasteiger partial charge < -0.3 is 0 Å². The molecule has 2 aliphatic rings. The summed E-state index contributed by atoms with van der Waals surface area (Å²) >= 11 is 0. The van der Waals surface area contributed by atoms with Crippen LogP contribution in [-0.2, 0) is 0 Å². The van der Waals surface area contributed by atoms with Crippen molar-refractivity contribution in [2.45, 2.75) is 39.5 Å². The summed E-state index contributed by atoms with van der Waals surface area (Å²) in [6.45, 7) is 4.25. The second kappa shape index (κ2) is 5.18. The van der Waals surface area contributed by atoms with E-state index in [1.807, 2.05) is 0 Å². The zero-order valence-electron chi connectivity index (χ0n) is 8.29. The first-order valence-corrected chi connectivity index (χ1v) is 5.20. The Labute approximate surface area is 76.4 Å².